The van der Waals surface area contributed by atoms with Crippen molar-refractivity contribution in [2.24, 2.45) is 30.2 Å². The lowest BCUT2D eigenvalue weighted by Gasteiger charge is -2.59. The molecule has 0 aromatic carbocycles. The van der Waals surface area contributed by atoms with Crippen LogP contribution in [0.1, 0.15) is 68.8 Å². The van der Waals surface area contributed by atoms with Crippen molar-refractivity contribution in [3.63, 3.8) is 0 Å². The Morgan fingerprint density at radius 2 is 1.76 bits per heavy atom. The van der Waals surface area contributed by atoms with Crippen LogP contribution in [0.3, 0.4) is 0 Å². The van der Waals surface area contributed by atoms with Crippen molar-refractivity contribution >= 4 is 5.91 Å². The largest absolute Gasteiger partial charge is 0.353 e. The third kappa shape index (κ3) is 3.02. The van der Waals surface area contributed by atoms with Gasteiger partial charge in [0.15, 0.2) is 0 Å². The molecule has 1 heterocycles. The number of hydrogen-bond donors (Lipinski definition) is 1. The zero-order valence-corrected chi connectivity index (χ0v) is 16.3. The van der Waals surface area contributed by atoms with E-state index in [4.69, 9.17) is 0 Å². The van der Waals surface area contributed by atoms with Crippen LogP contribution in [0.25, 0.3) is 0 Å². The van der Waals surface area contributed by atoms with E-state index in [0.717, 1.165) is 29.9 Å². The van der Waals surface area contributed by atoms with Crippen molar-refractivity contribution in [2.75, 3.05) is 0 Å². The van der Waals surface area contributed by atoms with Gasteiger partial charge in [-0.25, -0.2) is 0 Å². The summed E-state index contributed by atoms with van der Waals surface area (Å²) < 4.78 is 1.92. The number of amides is 1. The molecule has 4 aliphatic rings. The maximum absolute atomic E-state index is 12.6. The fourth-order valence-corrected chi connectivity index (χ4v) is 6.59. The van der Waals surface area contributed by atoms with Crippen LogP contribution in [0.2, 0.25) is 0 Å². The number of rotatable bonds is 5. The van der Waals surface area contributed by atoms with Gasteiger partial charge in [-0.15, -0.1) is 0 Å². The highest BCUT2D eigenvalue weighted by atomic mass is 16.1. The lowest BCUT2D eigenvalue weighted by Crippen LogP contribution is -2.55. The molecule has 0 spiro atoms. The molecular formula is C21H33N3O. The van der Waals surface area contributed by atoms with E-state index in [1.807, 2.05) is 18.7 Å². The van der Waals surface area contributed by atoms with Gasteiger partial charge >= 0.3 is 0 Å². The molecule has 1 atom stereocenters. The van der Waals surface area contributed by atoms with Crippen LogP contribution < -0.4 is 5.32 Å². The number of carbonyl (C=O) groups excluding carboxylic acids is 1. The summed E-state index contributed by atoms with van der Waals surface area (Å²) in [5.74, 6) is 3.02. The van der Waals surface area contributed by atoms with Gasteiger partial charge in [0, 0.05) is 25.2 Å². The highest BCUT2D eigenvalue weighted by Gasteiger charge is 2.53. The number of nitrogens with zero attached hydrogens (tertiary/aromatic N) is 2. The van der Waals surface area contributed by atoms with E-state index >= 15 is 0 Å². The van der Waals surface area contributed by atoms with Gasteiger partial charge in [-0.2, -0.15) is 5.10 Å². The van der Waals surface area contributed by atoms with Crippen molar-refractivity contribution in [3.05, 3.63) is 17.0 Å². The maximum Gasteiger partial charge on any atom is 0.220 e. The Hall–Kier alpha value is -1.32. The Bertz CT molecular complexity index is 640. The summed E-state index contributed by atoms with van der Waals surface area (Å²) >= 11 is 0. The van der Waals surface area contributed by atoms with E-state index in [9.17, 15) is 4.79 Å². The molecule has 5 rings (SSSR count). The summed E-state index contributed by atoms with van der Waals surface area (Å²) in [6.45, 7) is 6.40. The normalized spacial score (nSPS) is 34.3. The van der Waals surface area contributed by atoms with Crippen LogP contribution in [0.4, 0.5) is 0 Å². The monoisotopic (exact) mass is 343 g/mol. The van der Waals surface area contributed by atoms with Gasteiger partial charge in [-0.05, 0) is 94.4 Å². The minimum Gasteiger partial charge on any atom is -0.353 e. The van der Waals surface area contributed by atoms with Gasteiger partial charge < -0.3 is 5.32 Å². The van der Waals surface area contributed by atoms with Crippen LogP contribution in [-0.4, -0.2) is 21.7 Å². The van der Waals surface area contributed by atoms with E-state index in [0.29, 0.717) is 17.9 Å². The first-order valence-corrected chi connectivity index (χ1v) is 10.1. The third-order valence-electron chi connectivity index (χ3n) is 7.64. The van der Waals surface area contributed by atoms with E-state index < -0.39 is 0 Å². The number of aryl methyl sites for hydroxylation is 2. The Kier molecular flexibility index (Phi) is 4.20. The van der Waals surface area contributed by atoms with Crippen LogP contribution in [0, 0.1) is 37.0 Å². The predicted molar refractivity (Wildman–Crippen MR) is 99.2 cm³/mol. The molecule has 4 heteroatoms. The van der Waals surface area contributed by atoms with Gasteiger partial charge in [-0.3, -0.25) is 9.48 Å². The maximum atomic E-state index is 12.6. The molecule has 4 nitrogen and oxygen atoms in total. The average molecular weight is 344 g/mol. The average Bonchev–Trinajstić information content (AvgIpc) is 2.76. The fraction of sp³-hybridized carbons (Fsp3) is 0.810. The van der Waals surface area contributed by atoms with Crippen molar-refractivity contribution in [2.45, 2.75) is 78.2 Å². The topological polar surface area (TPSA) is 46.9 Å². The molecule has 1 aromatic heterocycles. The minimum absolute atomic E-state index is 0.214. The van der Waals surface area contributed by atoms with Crippen LogP contribution in [-0.2, 0) is 18.3 Å². The summed E-state index contributed by atoms with van der Waals surface area (Å²) in [4.78, 5) is 12.6. The standard InChI is InChI=1S/C21H33N3O/c1-13-19(14(2)24(4)23-13)5-6-20(25)22-15(3)21-10-16-7-17(11-21)9-18(8-16)12-21/h15-18H,5-12H2,1-4H3,(H,22,25). The Morgan fingerprint density at radius 3 is 2.24 bits per heavy atom. The molecule has 138 valence electrons. The first-order valence-electron chi connectivity index (χ1n) is 10.1. The van der Waals surface area contributed by atoms with Crippen molar-refractivity contribution < 1.29 is 4.79 Å². The molecule has 1 amide bonds. The van der Waals surface area contributed by atoms with Gasteiger partial charge in [-0.1, -0.05) is 0 Å². The lowest BCUT2D eigenvalue weighted by molar-refractivity contribution is -0.125. The Balaban J connectivity index is 1.36. The second kappa shape index (κ2) is 6.14. The predicted octanol–water partition coefficient (Wildman–Crippen LogP) is 3.69. The molecule has 4 bridgehead atoms. The molecule has 0 aliphatic heterocycles. The Morgan fingerprint density at radius 1 is 1.20 bits per heavy atom. The quantitative estimate of drug-likeness (QED) is 0.886. The first-order chi connectivity index (χ1) is 11.9. The second-order valence-corrected chi connectivity index (χ2v) is 9.34. The zero-order chi connectivity index (χ0) is 17.8. The smallest absolute Gasteiger partial charge is 0.220 e. The molecule has 25 heavy (non-hydrogen) atoms. The minimum atomic E-state index is 0.214. The lowest BCUT2D eigenvalue weighted by atomic mass is 9.48. The zero-order valence-electron chi connectivity index (χ0n) is 16.3. The molecular weight excluding hydrogens is 310 g/mol. The van der Waals surface area contributed by atoms with Crippen molar-refractivity contribution in [1.82, 2.24) is 15.1 Å². The number of hydrogen-bond acceptors (Lipinski definition) is 2. The Labute approximate surface area is 151 Å². The summed E-state index contributed by atoms with van der Waals surface area (Å²) in [6.07, 6.45) is 9.79. The second-order valence-electron chi connectivity index (χ2n) is 9.34. The van der Waals surface area contributed by atoms with Crippen LogP contribution in [0.15, 0.2) is 0 Å². The van der Waals surface area contributed by atoms with Crippen molar-refractivity contribution in [1.29, 1.82) is 0 Å². The summed E-state index contributed by atoms with van der Waals surface area (Å²) in [5, 5.41) is 7.85. The van der Waals surface area contributed by atoms with E-state index in [1.165, 1.54) is 49.8 Å². The van der Waals surface area contributed by atoms with Gasteiger partial charge in [0.05, 0.1) is 5.69 Å². The summed E-state index contributed by atoms with van der Waals surface area (Å²) in [7, 11) is 1.97. The van der Waals surface area contributed by atoms with Gasteiger partial charge in [0.2, 0.25) is 5.91 Å². The number of nitrogens with one attached hydrogen (secondary N) is 1. The molecule has 4 saturated carbocycles. The van der Waals surface area contributed by atoms with E-state index in [2.05, 4.69) is 24.3 Å². The van der Waals surface area contributed by atoms with Gasteiger partial charge in [0.1, 0.15) is 0 Å². The van der Waals surface area contributed by atoms with Crippen molar-refractivity contribution in [3.8, 4) is 0 Å². The summed E-state index contributed by atoms with van der Waals surface area (Å²) in [5.41, 5.74) is 3.87. The SMILES string of the molecule is Cc1nn(C)c(C)c1CCC(=O)NC(C)C12CC3CC(CC(C3)C1)C2. The first kappa shape index (κ1) is 17.1. The van der Waals surface area contributed by atoms with Crippen LogP contribution in [0.5, 0.6) is 0 Å². The van der Waals surface area contributed by atoms with Crippen LogP contribution >= 0.6 is 0 Å². The molecule has 4 fully saturated rings. The fourth-order valence-electron chi connectivity index (χ4n) is 6.59. The van der Waals surface area contributed by atoms with E-state index in [-0.39, 0.29) is 5.91 Å². The summed E-state index contributed by atoms with van der Waals surface area (Å²) in [6, 6.07) is 0.324. The molecule has 1 unspecified atom stereocenters. The molecule has 0 saturated heterocycles. The number of carbonyl (C=O) groups is 1. The molecule has 1 N–H and O–H groups in total. The number of aromatic nitrogens is 2. The molecule has 0 radical (unpaired) electrons. The van der Waals surface area contributed by atoms with Gasteiger partial charge in [0.25, 0.3) is 0 Å². The highest BCUT2D eigenvalue weighted by molar-refractivity contribution is 5.76. The molecule has 1 aromatic rings. The highest BCUT2D eigenvalue weighted by Crippen LogP contribution is 2.61. The molecule has 4 aliphatic carbocycles. The third-order valence-corrected chi connectivity index (χ3v) is 7.64. The van der Waals surface area contributed by atoms with E-state index in [1.54, 1.807) is 0 Å².